The standard InChI is InChI=1S/C15H18N2O/c1-10-6-4-5-7-14(10)18-9-13-12(3)15(16)11(2)8-17-13/h4-8H,9H2,1-3H3,(H2,16,17). The molecule has 0 spiro atoms. The molecule has 1 heterocycles. The molecule has 0 unspecified atom stereocenters. The van der Waals surface area contributed by atoms with Crippen molar-refractivity contribution in [1.29, 1.82) is 0 Å². The van der Waals surface area contributed by atoms with Gasteiger partial charge < -0.3 is 10.5 Å². The normalized spacial score (nSPS) is 10.4. The van der Waals surface area contributed by atoms with Crippen LogP contribution in [-0.2, 0) is 6.61 Å². The molecule has 2 rings (SSSR count). The number of benzene rings is 1. The van der Waals surface area contributed by atoms with Gasteiger partial charge in [-0.2, -0.15) is 0 Å². The third-order valence-corrected chi connectivity index (χ3v) is 3.13. The van der Waals surface area contributed by atoms with E-state index in [2.05, 4.69) is 4.98 Å². The zero-order valence-electron chi connectivity index (χ0n) is 11.0. The van der Waals surface area contributed by atoms with Crippen LogP contribution in [0.1, 0.15) is 22.4 Å². The molecule has 0 aliphatic heterocycles. The first-order valence-corrected chi connectivity index (χ1v) is 5.98. The number of aromatic nitrogens is 1. The Morgan fingerprint density at radius 1 is 1.11 bits per heavy atom. The quantitative estimate of drug-likeness (QED) is 0.899. The van der Waals surface area contributed by atoms with Crippen LogP contribution < -0.4 is 10.5 Å². The average molecular weight is 242 g/mol. The van der Waals surface area contributed by atoms with Crippen LogP contribution in [0.2, 0.25) is 0 Å². The molecule has 0 bridgehead atoms. The number of nitrogen functional groups attached to an aromatic ring is 1. The Labute approximate surface area is 108 Å². The van der Waals surface area contributed by atoms with Crippen LogP contribution >= 0.6 is 0 Å². The molecule has 0 saturated heterocycles. The van der Waals surface area contributed by atoms with Crippen molar-refractivity contribution in [2.75, 3.05) is 5.73 Å². The number of pyridine rings is 1. The first kappa shape index (κ1) is 12.4. The fourth-order valence-electron chi connectivity index (χ4n) is 1.80. The summed E-state index contributed by atoms with van der Waals surface area (Å²) in [7, 11) is 0. The molecule has 0 atom stereocenters. The molecule has 94 valence electrons. The highest BCUT2D eigenvalue weighted by molar-refractivity contribution is 5.53. The van der Waals surface area contributed by atoms with E-state index in [1.807, 2.05) is 45.0 Å². The smallest absolute Gasteiger partial charge is 0.131 e. The Bertz CT molecular complexity index is 564. The number of nitrogens with zero attached hydrogens (tertiary/aromatic N) is 1. The Kier molecular flexibility index (Phi) is 3.51. The minimum Gasteiger partial charge on any atom is -0.487 e. The molecule has 0 amide bonds. The second-order valence-corrected chi connectivity index (χ2v) is 4.48. The maximum atomic E-state index is 5.99. The summed E-state index contributed by atoms with van der Waals surface area (Å²) >= 11 is 0. The van der Waals surface area contributed by atoms with E-state index < -0.39 is 0 Å². The molecular formula is C15H18N2O. The molecule has 3 heteroatoms. The van der Waals surface area contributed by atoms with Crippen molar-refractivity contribution >= 4 is 5.69 Å². The third-order valence-electron chi connectivity index (χ3n) is 3.13. The van der Waals surface area contributed by atoms with Gasteiger partial charge in [-0.05, 0) is 43.5 Å². The lowest BCUT2D eigenvalue weighted by atomic mass is 10.1. The van der Waals surface area contributed by atoms with Crippen LogP contribution in [0.3, 0.4) is 0 Å². The minimum atomic E-state index is 0.446. The van der Waals surface area contributed by atoms with E-state index >= 15 is 0 Å². The number of hydrogen-bond donors (Lipinski definition) is 1. The zero-order valence-corrected chi connectivity index (χ0v) is 11.0. The SMILES string of the molecule is Cc1ccccc1OCc1ncc(C)c(N)c1C. The van der Waals surface area contributed by atoms with Gasteiger partial charge in [-0.15, -0.1) is 0 Å². The molecule has 0 aliphatic rings. The number of hydrogen-bond acceptors (Lipinski definition) is 3. The van der Waals surface area contributed by atoms with Crippen molar-refractivity contribution in [2.24, 2.45) is 0 Å². The molecule has 0 aliphatic carbocycles. The lowest BCUT2D eigenvalue weighted by Crippen LogP contribution is -2.05. The Morgan fingerprint density at radius 2 is 1.83 bits per heavy atom. The van der Waals surface area contributed by atoms with Gasteiger partial charge in [0, 0.05) is 11.9 Å². The minimum absolute atomic E-state index is 0.446. The highest BCUT2D eigenvalue weighted by atomic mass is 16.5. The van der Waals surface area contributed by atoms with E-state index in [0.29, 0.717) is 6.61 Å². The largest absolute Gasteiger partial charge is 0.487 e. The second kappa shape index (κ2) is 5.08. The molecule has 1 aromatic carbocycles. The van der Waals surface area contributed by atoms with E-state index in [9.17, 15) is 0 Å². The van der Waals surface area contributed by atoms with E-state index in [1.165, 1.54) is 0 Å². The highest BCUT2D eigenvalue weighted by Gasteiger charge is 2.07. The van der Waals surface area contributed by atoms with Gasteiger partial charge in [0.25, 0.3) is 0 Å². The van der Waals surface area contributed by atoms with Crippen LogP contribution in [0, 0.1) is 20.8 Å². The lowest BCUT2D eigenvalue weighted by molar-refractivity contribution is 0.298. The van der Waals surface area contributed by atoms with Crippen LogP contribution in [0.5, 0.6) is 5.75 Å². The molecular weight excluding hydrogens is 224 g/mol. The number of ether oxygens (including phenoxy) is 1. The van der Waals surface area contributed by atoms with Gasteiger partial charge in [-0.25, -0.2) is 0 Å². The summed E-state index contributed by atoms with van der Waals surface area (Å²) in [5, 5.41) is 0. The van der Waals surface area contributed by atoms with Gasteiger partial charge in [0.2, 0.25) is 0 Å². The van der Waals surface area contributed by atoms with Gasteiger partial charge >= 0.3 is 0 Å². The number of nitrogens with two attached hydrogens (primary N) is 1. The van der Waals surface area contributed by atoms with Gasteiger partial charge in [-0.1, -0.05) is 18.2 Å². The molecule has 1 aromatic heterocycles. The number of aryl methyl sites for hydroxylation is 2. The van der Waals surface area contributed by atoms with Gasteiger partial charge in [-0.3, -0.25) is 4.98 Å². The van der Waals surface area contributed by atoms with Crippen molar-refractivity contribution in [3.8, 4) is 5.75 Å². The zero-order chi connectivity index (χ0) is 13.1. The molecule has 0 radical (unpaired) electrons. The summed E-state index contributed by atoms with van der Waals surface area (Å²) in [6.45, 7) is 6.41. The van der Waals surface area contributed by atoms with Crippen LogP contribution in [0.25, 0.3) is 0 Å². The fourth-order valence-corrected chi connectivity index (χ4v) is 1.80. The summed E-state index contributed by atoms with van der Waals surface area (Å²) in [5.41, 5.74) is 10.8. The van der Waals surface area contributed by atoms with Gasteiger partial charge in [0.05, 0.1) is 5.69 Å². The van der Waals surface area contributed by atoms with E-state index in [-0.39, 0.29) is 0 Å². The summed E-state index contributed by atoms with van der Waals surface area (Å²) in [6, 6.07) is 7.95. The fraction of sp³-hybridized carbons (Fsp3) is 0.267. The molecule has 2 aromatic rings. The number of anilines is 1. The lowest BCUT2D eigenvalue weighted by Gasteiger charge is -2.12. The molecule has 18 heavy (non-hydrogen) atoms. The van der Waals surface area contributed by atoms with E-state index in [1.54, 1.807) is 6.20 Å². The van der Waals surface area contributed by atoms with Crippen molar-refractivity contribution < 1.29 is 4.74 Å². The maximum Gasteiger partial charge on any atom is 0.131 e. The monoisotopic (exact) mass is 242 g/mol. The summed E-state index contributed by atoms with van der Waals surface area (Å²) < 4.78 is 5.78. The third kappa shape index (κ3) is 2.45. The topological polar surface area (TPSA) is 48.1 Å². The summed E-state index contributed by atoms with van der Waals surface area (Å²) in [5.74, 6) is 0.887. The van der Waals surface area contributed by atoms with Crippen molar-refractivity contribution in [2.45, 2.75) is 27.4 Å². The average Bonchev–Trinajstić information content (AvgIpc) is 2.37. The Balaban J connectivity index is 2.17. The predicted octanol–water partition coefficient (Wildman–Crippen LogP) is 3.17. The first-order valence-electron chi connectivity index (χ1n) is 5.98. The molecule has 0 fully saturated rings. The summed E-state index contributed by atoms with van der Waals surface area (Å²) in [4.78, 5) is 4.38. The van der Waals surface area contributed by atoms with Crippen molar-refractivity contribution in [3.05, 3.63) is 52.8 Å². The van der Waals surface area contributed by atoms with Crippen LogP contribution in [0.4, 0.5) is 5.69 Å². The summed E-state index contributed by atoms with van der Waals surface area (Å²) in [6.07, 6.45) is 1.79. The van der Waals surface area contributed by atoms with Crippen molar-refractivity contribution in [1.82, 2.24) is 4.98 Å². The second-order valence-electron chi connectivity index (χ2n) is 4.48. The molecule has 2 N–H and O–H groups in total. The number of para-hydroxylation sites is 1. The molecule has 3 nitrogen and oxygen atoms in total. The van der Waals surface area contributed by atoms with Crippen LogP contribution in [-0.4, -0.2) is 4.98 Å². The Morgan fingerprint density at radius 3 is 2.56 bits per heavy atom. The van der Waals surface area contributed by atoms with Crippen LogP contribution in [0.15, 0.2) is 30.5 Å². The van der Waals surface area contributed by atoms with E-state index in [4.69, 9.17) is 10.5 Å². The highest BCUT2D eigenvalue weighted by Crippen LogP contribution is 2.21. The first-order chi connectivity index (χ1) is 8.59. The Hall–Kier alpha value is -2.03. The predicted molar refractivity (Wildman–Crippen MR) is 73.6 cm³/mol. The van der Waals surface area contributed by atoms with Gasteiger partial charge in [0.15, 0.2) is 0 Å². The van der Waals surface area contributed by atoms with E-state index in [0.717, 1.165) is 33.8 Å². The van der Waals surface area contributed by atoms with Gasteiger partial charge in [0.1, 0.15) is 12.4 Å². The number of rotatable bonds is 3. The maximum absolute atomic E-state index is 5.99. The molecule has 0 saturated carbocycles. The van der Waals surface area contributed by atoms with Crippen molar-refractivity contribution in [3.63, 3.8) is 0 Å².